The van der Waals surface area contributed by atoms with Gasteiger partial charge in [-0.05, 0) is 54.5 Å². The van der Waals surface area contributed by atoms with Crippen molar-refractivity contribution >= 4 is 43.2 Å². The van der Waals surface area contributed by atoms with Crippen molar-refractivity contribution in [1.82, 2.24) is 8.96 Å². The summed E-state index contributed by atoms with van der Waals surface area (Å²) in [5.41, 5.74) is 4.77. The van der Waals surface area contributed by atoms with Gasteiger partial charge in [0.15, 0.2) is 0 Å². The Hall–Kier alpha value is -4.26. The second-order valence-corrected chi connectivity index (χ2v) is 12.2. The van der Waals surface area contributed by atoms with Gasteiger partial charge in [0, 0.05) is 28.3 Å². The predicted octanol–water partition coefficient (Wildman–Crippen LogP) is 6.80. The fourth-order valence-electron chi connectivity index (χ4n) is 5.18. The molecule has 7 nitrogen and oxygen atoms in total. The van der Waals surface area contributed by atoms with Gasteiger partial charge in [0.2, 0.25) is 5.00 Å². The third kappa shape index (κ3) is 4.13. The molecule has 0 bridgehead atoms. The number of carbonyl (C=O) groups excluding carboxylic acids is 1. The smallest absolute Gasteiger partial charge is 0.309 e. The molecular weight excluding hydrogens is 530 g/mol. The number of methoxy groups -OCH3 is 1. The molecule has 3 heterocycles. The number of thiophene rings is 1. The first-order valence-electron chi connectivity index (χ1n) is 12.3. The number of rotatable bonds is 6. The van der Waals surface area contributed by atoms with Crippen LogP contribution in [-0.4, -0.2) is 30.5 Å². The van der Waals surface area contributed by atoms with Gasteiger partial charge in [-0.25, -0.2) is 17.2 Å². The fraction of sp³-hybridized carbons (Fsp3) is 0.167. The lowest BCUT2D eigenvalue weighted by atomic mass is 9.98. The van der Waals surface area contributed by atoms with Gasteiger partial charge < -0.3 is 4.74 Å². The molecule has 39 heavy (non-hydrogen) atoms. The van der Waals surface area contributed by atoms with Gasteiger partial charge >= 0.3 is 5.97 Å². The average Bonchev–Trinajstić information content (AvgIpc) is 3.48. The first-order valence-corrected chi connectivity index (χ1v) is 14.6. The maximum atomic E-state index is 14.3. The number of fused-ring (bicyclic) bond motifs is 1. The lowest BCUT2D eigenvalue weighted by Crippen LogP contribution is -2.14. The van der Waals surface area contributed by atoms with E-state index in [-0.39, 0.29) is 22.7 Å². The number of carbonyl (C=O) groups is 1. The van der Waals surface area contributed by atoms with Gasteiger partial charge in [0.25, 0.3) is 10.0 Å². The minimum Gasteiger partial charge on any atom is -0.469 e. The molecule has 9 heteroatoms. The molecule has 1 fully saturated rings. The molecule has 2 aromatic carbocycles. The van der Waals surface area contributed by atoms with Gasteiger partial charge in [-0.3, -0.25) is 9.78 Å². The van der Waals surface area contributed by atoms with Crippen LogP contribution >= 0.6 is 11.3 Å². The Kier molecular flexibility index (Phi) is 6.09. The number of esters is 1. The van der Waals surface area contributed by atoms with Gasteiger partial charge in [0.1, 0.15) is 0 Å². The molecule has 0 spiro atoms. The van der Waals surface area contributed by atoms with Crippen molar-refractivity contribution in [3.05, 3.63) is 101 Å². The minimum absolute atomic E-state index is 0.00833. The van der Waals surface area contributed by atoms with Crippen molar-refractivity contribution in [3.63, 3.8) is 0 Å². The number of aromatic nitrogens is 2. The Morgan fingerprint density at radius 1 is 1.15 bits per heavy atom. The highest BCUT2D eigenvalue weighted by atomic mass is 32.2. The Labute approximate surface area is 230 Å². The molecule has 2 unspecified atom stereocenters. The van der Waals surface area contributed by atoms with Gasteiger partial charge in [-0.15, -0.1) is 0 Å². The van der Waals surface area contributed by atoms with Crippen LogP contribution in [0, 0.1) is 19.4 Å². The minimum atomic E-state index is -4.07. The molecule has 2 atom stereocenters. The maximum Gasteiger partial charge on any atom is 0.309 e. The standard InChI is InChI=1S/C30H23N3O4S2/c1-18-7-9-21(10-8-18)39(35,36)33-26-17-32-13-11-22(26)27(23-12-14-38-29(23)31-2)28(33)20-6-4-5-19(15-20)24-16-25(24)30(34)37-3/h4-15,17,24-25H,16H2,1,3H3. The van der Waals surface area contributed by atoms with E-state index in [2.05, 4.69) is 9.83 Å². The molecular formula is C30H23N3O4S2. The lowest BCUT2D eigenvalue weighted by molar-refractivity contribution is -0.142. The summed E-state index contributed by atoms with van der Waals surface area (Å²) in [7, 11) is -2.68. The van der Waals surface area contributed by atoms with Crippen molar-refractivity contribution in [3.8, 4) is 22.4 Å². The number of aryl methyl sites for hydroxylation is 1. The largest absolute Gasteiger partial charge is 0.469 e. The van der Waals surface area contributed by atoms with Crippen LogP contribution < -0.4 is 0 Å². The maximum absolute atomic E-state index is 14.3. The summed E-state index contributed by atoms with van der Waals surface area (Å²) in [5.74, 6) is -0.441. The molecule has 6 rings (SSSR count). The molecule has 194 valence electrons. The van der Waals surface area contributed by atoms with Crippen molar-refractivity contribution in [2.75, 3.05) is 7.11 Å². The van der Waals surface area contributed by atoms with Crippen LogP contribution in [0.3, 0.4) is 0 Å². The van der Waals surface area contributed by atoms with Crippen LogP contribution in [0.4, 0.5) is 5.00 Å². The number of nitrogens with zero attached hydrogens (tertiary/aromatic N) is 3. The molecule has 1 saturated carbocycles. The van der Waals surface area contributed by atoms with Crippen molar-refractivity contribution < 1.29 is 17.9 Å². The van der Waals surface area contributed by atoms with Crippen LogP contribution in [0.2, 0.25) is 0 Å². The first kappa shape index (κ1) is 25.0. The average molecular weight is 554 g/mol. The second kappa shape index (κ2) is 9.49. The fourth-order valence-corrected chi connectivity index (χ4v) is 7.39. The van der Waals surface area contributed by atoms with E-state index in [0.717, 1.165) is 11.1 Å². The third-order valence-electron chi connectivity index (χ3n) is 7.19. The molecule has 3 aromatic heterocycles. The summed E-state index contributed by atoms with van der Waals surface area (Å²) < 4.78 is 34.9. The number of pyridine rings is 1. The normalized spacial score (nSPS) is 16.6. The van der Waals surface area contributed by atoms with Gasteiger partial charge in [-0.2, -0.15) is 11.3 Å². The van der Waals surface area contributed by atoms with E-state index in [0.29, 0.717) is 44.7 Å². The monoisotopic (exact) mass is 553 g/mol. The zero-order valence-corrected chi connectivity index (χ0v) is 22.8. The van der Waals surface area contributed by atoms with Crippen molar-refractivity contribution in [2.24, 2.45) is 5.92 Å². The summed E-state index contributed by atoms with van der Waals surface area (Å²) in [6.07, 6.45) is 3.86. The van der Waals surface area contributed by atoms with Gasteiger partial charge in [-0.1, -0.05) is 42.0 Å². The van der Waals surface area contributed by atoms with Crippen LogP contribution in [-0.2, 0) is 19.6 Å². The molecule has 0 aliphatic heterocycles. The SMILES string of the molecule is [C-]#[N+]c1sccc1-c1c(-c2cccc(C3CC3C(=O)OC)c2)n(S(=O)(=O)c2ccc(C)cc2)c2cnccc12. The van der Waals surface area contributed by atoms with Gasteiger partial charge in [0.05, 0.1) is 41.9 Å². The molecule has 0 saturated heterocycles. The molecule has 1 aliphatic carbocycles. The molecule has 5 aromatic rings. The summed E-state index contributed by atoms with van der Waals surface area (Å²) in [6, 6.07) is 18.1. The Balaban J connectivity index is 1.67. The van der Waals surface area contributed by atoms with Crippen LogP contribution in [0.15, 0.2) is 83.3 Å². The third-order valence-corrected chi connectivity index (χ3v) is 9.72. The molecule has 1 aliphatic rings. The van der Waals surface area contributed by atoms with E-state index in [9.17, 15) is 13.2 Å². The quantitative estimate of drug-likeness (QED) is 0.171. The highest BCUT2D eigenvalue weighted by Crippen LogP contribution is 2.51. The van der Waals surface area contributed by atoms with E-state index >= 15 is 0 Å². The number of ether oxygens (including phenoxy) is 1. The van der Waals surface area contributed by atoms with Crippen LogP contribution in [0.1, 0.15) is 23.5 Å². The summed E-state index contributed by atoms with van der Waals surface area (Å²) >= 11 is 1.32. The Morgan fingerprint density at radius 3 is 2.69 bits per heavy atom. The summed E-state index contributed by atoms with van der Waals surface area (Å²) in [5, 5.41) is 3.00. The predicted molar refractivity (Wildman–Crippen MR) is 151 cm³/mol. The van der Waals surface area contributed by atoms with Crippen molar-refractivity contribution in [2.45, 2.75) is 24.2 Å². The van der Waals surface area contributed by atoms with Crippen molar-refractivity contribution in [1.29, 1.82) is 0 Å². The highest BCUT2D eigenvalue weighted by Gasteiger charge is 2.45. The van der Waals surface area contributed by atoms with E-state index < -0.39 is 10.0 Å². The van der Waals surface area contributed by atoms with E-state index in [1.165, 1.54) is 22.4 Å². The zero-order valence-electron chi connectivity index (χ0n) is 21.2. The topological polar surface area (TPSA) is 82.6 Å². The zero-order chi connectivity index (χ0) is 27.3. The van der Waals surface area contributed by atoms with Crippen LogP contribution in [0.25, 0.3) is 38.1 Å². The number of hydrogen-bond acceptors (Lipinski definition) is 6. The molecule has 0 amide bonds. The Morgan fingerprint density at radius 2 is 1.95 bits per heavy atom. The lowest BCUT2D eigenvalue weighted by Gasteiger charge is -2.15. The highest BCUT2D eigenvalue weighted by molar-refractivity contribution is 7.90. The molecule has 0 N–H and O–H groups in total. The molecule has 0 radical (unpaired) electrons. The number of benzene rings is 2. The second-order valence-electron chi connectivity index (χ2n) is 9.55. The Bertz CT molecular complexity index is 1900. The number of hydrogen-bond donors (Lipinski definition) is 0. The summed E-state index contributed by atoms with van der Waals surface area (Å²) in [4.78, 5) is 20.3. The van der Waals surface area contributed by atoms with E-state index in [4.69, 9.17) is 11.3 Å². The van der Waals surface area contributed by atoms with E-state index in [1.807, 2.05) is 42.6 Å². The summed E-state index contributed by atoms with van der Waals surface area (Å²) in [6.45, 7) is 9.66. The van der Waals surface area contributed by atoms with E-state index in [1.54, 1.807) is 42.7 Å². The first-order chi connectivity index (χ1) is 18.8. The van der Waals surface area contributed by atoms with Crippen LogP contribution in [0.5, 0.6) is 0 Å².